The van der Waals surface area contributed by atoms with Gasteiger partial charge in [-0.3, -0.25) is 4.79 Å². The van der Waals surface area contributed by atoms with Gasteiger partial charge in [0.2, 0.25) is 15.9 Å². The number of rotatable bonds is 7. The molecule has 0 radical (unpaired) electrons. The van der Waals surface area contributed by atoms with Gasteiger partial charge >= 0.3 is 6.18 Å². The van der Waals surface area contributed by atoms with Crippen LogP contribution in [0.25, 0.3) is 0 Å². The Bertz CT molecular complexity index is 1100. The lowest BCUT2D eigenvalue weighted by Gasteiger charge is -2.30. The summed E-state index contributed by atoms with van der Waals surface area (Å²) in [7, 11) is -1.04. The van der Waals surface area contributed by atoms with Crippen molar-refractivity contribution in [2.75, 3.05) is 27.3 Å². The lowest BCUT2D eigenvalue weighted by atomic mass is 9.97. The van der Waals surface area contributed by atoms with E-state index < -0.39 is 32.6 Å². The van der Waals surface area contributed by atoms with Gasteiger partial charge in [-0.05, 0) is 49.2 Å². The fraction of sp³-hybridized carbons (Fsp3) is 0.409. The van der Waals surface area contributed by atoms with Crippen LogP contribution >= 0.6 is 0 Å². The van der Waals surface area contributed by atoms with Crippen LogP contribution in [-0.2, 0) is 27.5 Å². The second kappa shape index (κ2) is 10.0. The molecule has 2 aromatic carbocycles. The number of benzene rings is 2. The number of nitrogens with one attached hydrogen (secondary N) is 1. The highest BCUT2D eigenvalue weighted by molar-refractivity contribution is 7.89. The van der Waals surface area contributed by atoms with E-state index in [0.717, 1.165) is 28.1 Å². The predicted molar refractivity (Wildman–Crippen MR) is 114 cm³/mol. The van der Waals surface area contributed by atoms with E-state index in [1.807, 2.05) is 0 Å². The first-order valence-electron chi connectivity index (χ1n) is 10.2. The van der Waals surface area contributed by atoms with Crippen LogP contribution in [-0.4, -0.2) is 45.9 Å². The van der Waals surface area contributed by atoms with Crippen LogP contribution in [0.2, 0.25) is 0 Å². The number of nitrogens with zero attached hydrogens (tertiary/aromatic N) is 1. The minimum atomic E-state index is -4.64. The summed E-state index contributed by atoms with van der Waals surface area (Å²) in [5.74, 6) is 0.580. The summed E-state index contributed by atoms with van der Waals surface area (Å²) in [5, 5.41) is 2.84. The zero-order valence-corrected chi connectivity index (χ0v) is 19.0. The first-order valence-corrected chi connectivity index (χ1v) is 11.7. The number of carbonyl (C=O) groups is 1. The highest BCUT2D eigenvalue weighted by Crippen LogP contribution is 2.32. The van der Waals surface area contributed by atoms with Gasteiger partial charge in [0, 0.05) is 31.1 Å². The second-order valence-electron chi connectivity index (χ2n) is 7.60. The van der Waals surface area contributed by atoms with Crippen LogP contribution in [0.15, 0.2) is 47.4 Å². The Kier molecular flexibility index (Phi) is 7.53. The zero-order chi connectivity index (χ0) is 24.2. The maximum atomic E-state index is 13.0. The van der Waals surface area contributed by atoms with E-state index in [4.69, 9.17) is 9.47 Å². The Morgan fingerprint density at radius 2 is 1.79 bits per heavy atom. The topological polar surface area (TPSA) is 84.9 Å². The molecule has 180 valence electrons. The van der Waals surface area contributed by atoms with Crippen LogP contribution < -0.4 is 14.8 Å². The molecule has 0 bridgehead atoms. The summed E-state index contributed by atoms with van der Waals surface area (Å²) < 4.78 is 76.1. The molecule has 1 N–H and O–H groups in total. The van der Waals surface area contributed by atoms with E-state index in [0.29, 0.717) is 17.6 Å². The van der Waals surface area contributed by atoms with Crippen molar-refractivity contribution in [1.82, 2.24) is 9.62 Å². The van der Waals surface area contributed by atoms with Gasteiger partial charge in [0.15, 0.2) is 0 Å². The number of ether oxygens (including phenoxy) is 2. The molecule has 0 spiro atoms. The number of hydrogen-bond acceptors (Lipinski definition) is 5. The Hall–Kier alpha value is -2.79. The van der Waals surface area contributed by atoms with Gasteiger partial charge in [0.1, 0.15) is 11.5 Å². The normalized spacial score (nSPS) is 15.8. The van der Waals surface area contributed by atoms with Crippen molar-refractivity contribution in [2.45, 2.75) is 30.5 Å². The van der Waals surface area contributed by atoms with Crippen LogP contribution in [0.1, 0.15) is 24.0 Å². The highest BCUT2D eigenvalue weighted by Gasteiger charge is 2.35. The molecule has 7 nitrogen and oxygen atoms in total. The molecule has 11 heteroatoms. The van der Waals surface area contributed by atoms with Crippen molar-refractivity contribution in [1.29, 1.82) is 0 Å². The predicted octanol–water partition coefficient (Wildman–Crippen LogP) is 3.44. The molecule has 1 heterocycles. The highest BCUT2D eigenvalue weighted by atomic mass is 32.2. The number of halogens is 3. The maximum absolute atomic E-state index is 13.0. The molecule has 0 saturated carbocycles. The van der Waals surface area contributed by atoms with Crippen LogP contribution in [0, 0.1) is 5.92 Å². The van der Waals surface area contributed by atoms with Crippen LogP contribution in [0.4, 0.5) is 13.2 Å². The molecule has 1 saturated heterocycles. The number of hydrogen-bond donors (Lipinski definition) is 1. The average Bonchev–Trinajstić information content (AvgIpc) is 2.81. The third-order valence-corrected chi connectivity index (χ3v) is 7.46. The van der Waals surface area contributed by atoms with Crippen molar-refractivity contribution >= 4 is 15.9 Å². The molecular weight excluding hydrogens is 461 g/mol. The van der Waals surface area contributed by atoms with E-state index in [2.05, 4.69) is 5.32 Å². The number of piperidine rings is 1. The number of alkyl halides is 3. The average molecular weight is 487 g/mol. The SMILES string of the molecule is COc1ccc(OC)c(CNC(=O)C2CCN(S(=O)(=O)c3cccc(C(F)(F)F)c3)CC2)c1. The maximum Gasteiger partial charge on any atom is 0.416 e. The van der Waals surface area contributed by atoms with Crippen LogP contribution in [0.3, 0.4) is 0 Å². The summed E-state index contributed by atoms with van der Waals surface area (Å²) in [5.41, 5.74) is -0.291. The molecule has 0 atom stereocenters. The lowest BCUT2D eigenvalue weighted by molar-refractivity contribution is -0.137. The quantitative estimate of drug-likeness (QED) is 0.648. The van der Waals surface area contributed by atoms with E-state index in [-0.39, 0.29) is 38.4 Å². The Labute approximate surface area is 190 Å². The summed E-state index contributed by atoms with van der Waals surface area (Å²) in [6.07, 6.45) is -4.11. The first-order chi connectivity index (χ1) is 15.6. The largest absolute Gasteiger partial charge is 0.497 e. The Morgan fingerprint density at radius 3 is 2.39 bits per heavy atom. The zero-order valence-electron chi connectivity index (χ0n) is 18.2. The minimum Gasteiger partial charge on any atom is -0.497 e. The van der Waals surface area contributed by atoms with Crippen molar-refractivity contribution in [3.05, 3.63) is 53.6 Å². The first kappa shape index (κ1) is 24.8. The molecule has 1 amide bonds. The number of carbonyl (C=O) groups excluding carboxylic acids is 1. The van der Waals surface area contributed by atoms with E-state index in [1.165, 1.54) is 14.2 Å². The van der Waals surface area contributed by atoms with Crippen molar-refractivity contribution in [3.8, 4) is 11.5 Å². The van der Waals surface area contributed by atoms with Crippen molar-refractivity contribution in [2.24, 2.45) is 5.92 Å². The monoisotopic (exact) mass is 486 g/mol. The molecule has 33 heavy (non-hydrogen) atoms. The fourth-order valence-corrected chi connectivity index (χ4v) is 5.20. The van der Waals surface area contributed by atoms with E-state index in [9.17, 15) is 26.4 Å². The van der Waals surface area contributed by atoms with Gasteiger partial charge in [-0.2, -0.15) is 17.5 Å². The Balaban J connectivity index is 1.61. The van der Waals surface area contributed by atoms with Crippen molar-refractivity contribution in [3.63, 3.8) is 0 Å². The van der Waals surface area contributed by atoms with E-state index >= 15 is 0 Å². The lowest BCUT2D eigenvalue weighted by Crippen LogP contribution is -2.42. The van der Waals surface area contributed by atoms with Gasteiger partial charge in [-0.25, -0.2) is 8.42 Å². The molecule has 0 unspecified atom stereocenters. The number of sulfonamides is 1. The molecule has 3 rings (SSSR count). The third kappa shape index (κ3) is 5.77. The summed E-state index contributed by atoms with van der Waals surface area (Å²) in [4.78, 5) is 12.2. The van der Waals surface area contributed by atoms with Crippen molar-refractivity contribution < 1.29 is 35.9 Å². The second-order valence-corrected chi connectivity index (χ2v) is 9.54. The van der Waals surface area contributed by atoms with Gasteiger partial charge < -0.3 is 14.8 Å². The van der Waals surface area contributed by atoms with Crippen LogP contribution in [0.5, 0.6) is 11.5 Å². The third-order valence-electron chi connectivity index (χ3n) is 5.56. The molecule has 0 aromatic heterocycles. The number of methoxy groups -OCH3 is 2. The minimum absolute atomic E-state index is 0.0408. The summed E-state index contributed by atoms with van der Waals surface area (Å²) in [6.45, 7) is 0.292. The molecule has 2 aromatic rings. The molecular formula is C22H25F3N2O5S. The molecule has 0 aliphatic carbocycles. The van der Waals surface area contributed by atoms with Gasteiger partial charge in [-0.1, -0.05) is 6.07 Å². The summed E-state index contributed by atoms with van der Waals surface area (Å²) >= 11 is 0. The van der Waals surface area contributed by atoms with Gasteiger partial charge in [0.25, 0.3) is 0 Å². The van der Waals surface area contributed by atoms with E-state index in [1.54, 1.807) is 18.2 Å². The standard InChI is InChI=1S/C22H25F3N2O5S/c1-31-18-6-7-20(32-2)16(12-18)14-26-21(28)15-8-10-27(11-9-15)33(29,30)19-5-3-4-17(13-19)22(23,24)25/h3-7,12-13,15H,8-11,14H2,1-2H3,(H,26,28). The smallest absolute Gasteiger partial charge is 0.416 e. The Morgan fingerprint density at radius 1 is 1.09 bits per heavy atom. The number of amides is 1. The fourth-order valence-electron chi connectivity index (χ4n) is 3.69. The molecule has 1 aliphatic heterocycles. The summed E-state index contributed by atoms with van der Waals surface area (Å²) in [6, 6.07) is 8.90. The molecule has 1 fully saturated rings. The van der Waals surface area contributed by atoms with Gasteiger partial charge in [-0.15, -0.1) is 0 Å². The van der Waals surface area contributed by atoms with Gasteiger partial charge in [0.05, 0.1) is 24.7 Å². The molecule has 1 aliphatic rings.